The number of amides is 2. The molecule has 2 heterocycles. The topological polar surface area (TPSA) is 128 Å². The van der Waals surface area contributed by atoms with Crippen molar-refractivity contribution in [1.29, 1.82) is 0 Å². The zero-order chi connectivity index (χ0) is 29.6. The highest BCUT2D eigenvalue weighted by Gasteiger charge is 2.57. The van der Waals surface area contributed by atoms with Crippen LogP contribution in [0.15, 0.2) is 102 Å². The average Bonchev–Trinajstić information content (AvgIpc) is 3.01. The predicted octanol–water partition coefficient (Wildman–Crippen LogP) is 2.63. The number of nitrogens with one attached hydrogen (secondary N) is 1. The third-order valence-electron chi connectivity index (χ3n) is 6.71. The van der Waals surface area contributed by atoms with E-state index in [4.69, 9.17) is 14.2 Å². The van der Waals surface area contributed by atoms with Crippen LogP contribution in [0.2, 0.25) is 0 Å². The van der Waals surface area contributed by atoms with Crippen molar-refractivity contribution in [2.75, 3.05) is 19.0 Å². The van der Waals surface area contributed by atoms with Gasteiger partial charge in [-0.2, -0.15) is 0 Å². The van der Waals surface area contributed by atoms with Crippen LogP contribution < -0.4 is 10.1 Å². The molecular formula is C31H28N2O8S. The largest absolute Gasteiger partial charge is 0.484 e. The van der Waals surface area contributed by atoms with Gasteiger partial charge in [0, 0.05) is 12.5 Å². The van der Waals surface area contributed by atoms with E-state index in [1.54, 1.807) is 30.3 Å². The number of benzene rings is 3. The van der Waals surface area contributed by atoms with Gasteiger partial charge in [0.05, 0.1) is 16.6 Å². The fourth-order valence-corrected chi connectivity index (χ4v) is 6.44. The van der Waals surface area contributed by atoms with Crippen LogP contribution in [0.5, 0.6) is 5.75 Å². The second kappa shape index (κ2) is 12.8. The number of nitrogens with zero attached hydrogens (tertiary/aromatic N) is 1. The second-order valence-electron chi connectivity index (χ2n) is 9.61. The van der Waals surface area contributed by atoms with Gasteiger partial charge in [-0.25, -0.2) is 4.79 Å². The average molecular weight is 589 g/mol. The Labute approximate surface area is 244 Å². The molecule has 0 spiro atoms. The minimum atomic E-state index is -1.71. The zero-order valence-electron chi connectivity index (χ0n) is 22.6. The summed E-state index contributed by atoms with van der Waals surface area (Å²) in [6.45, 7) is 0.510. The Bertz CT molecular complexity index is 1490. The van der Waals surface area contributed by atoms with Crippen LogP contribution in [0.25, 0.3) is 0 Å². The van der Waals surface area contributed by atoms with Crippen LogP contribution in [0, 0.1) is 0 Å². The van der Waals surface area contributed by atoms with Crippen LogP contribution >= 0.6 is 0 Å². The molecule has 5 rings (SSSR count). The first kappa shape index (κ1) is 28.7. The van der Waals surface area contributed by atoms with Crippen LogP contribution in [-0.4, -0.2) is 63.2 Å². The van der Waals surface area contributed by atoms with E-state index < -0.39 is 52.1 Å². The minimum absolute atomic E-state index is 0.145. The highest BCUT2D eigenvalue weighted by Crippen LogP contribution is 2.37. The maximum absolute atomic E-state index is 13.8. The van der Waals surface area contributed by atoms with Crippen molar-refractivity contribution < 1.29 is 37.6 Å². The molecule has 42 heavy (non-hydrogen) atoms. The Hall–Kier alpha value is -4.77. The van der Waals surface area contributed by atoms with Gasteiger partial charge in [0.1, 0.15) is 29.5 Å². The normalized spacial score (nSPS) is 19.4. The predicted molar refractivity (Wildman–Crippen MR) is 152 cm³/mol. The molecule has 2 aliphatic heterocycles. The molecule has 1 saturated heterocycles. The first-order valence-corrected chi connectivity index (χ1v) is 14.6. The van der Waals surface area contributed by atoms with E-state index in [1.807, 2.05) is 60.7 Å². The lowest BCUT2D eigenvalue weighted by atomic mass is 10.0. The number of β-lactam (4-membered cyclic amide) rings is 1. The van der Waals surface area contributed by atoms with Gasteiger partial charge < -0.3 is 19.5 Å². The van der Waals surface area contributed by atoms with Crippen LogP contribution in [0.1, 0.15) is 24.2 Å². The lowest BCUT2D eigenvalue weighted by Gasteiger charge is -2.49. The third kappa shape index (κ3) is 6.26. The molecule has 1 N–H and O–H groups in total. The molecule has 3 aromatic rings. The molecule has 1 unspecified atom stereocenters. The highest BCUT2D eigenvalue weighted by atomic mass is 32.2. The molecule has 3 atom stereocenters. The summed E-state index contributed by atoms with van der Waals surface area (Å²) >= 11 is 0. The molecule has 3 aromatic carbocycles. The summed E-state index contributed by atoms with van der Waals surface area (Å²) in [4.78, 5) is 52.4. The molecule has 2 amide bonds. The second-order valence-corrected chi connectivity index (χ2v) is 11.1. The number of rotatable bonds is 10. The van der Waals surface area contributed by atoms with Crippen LogP contribution in [-0.2, 0) is 39.5 Å². The van der Waals surface area contributed by atoms with E-state index in [9.17, 15) is 23.4 Å². The molecule has 11 heteroatoms. The first-order valence-electron chi connectivity index (χ1n) is 13.2. The van der Waals surface area contributed by atoms with Gasteiger partial charge in [-0.1, -0.05) is 78.9 Å². The number of hydrogen-bond donors (Lipinski definition) is 1. The molecule has 1 fully saturated rings. The summed E-state index contributed by atoms with van der Waals surface area (Å²) in [7, 11) is -1.71. The molecule has 2 aliphatic rings. The SMILES string of the molecule is CC(=O)OCC1=C(C(=O)OC(c2ccccc2)c2ccccc2)N2C(=O)[C@@H](NC(=O)COc3ccccc3)[C@H]2S(=O)C1. The molecule has 0 saturated carbocycles. The Morgan fingerprint density at radius 2 is 1.50 bits per heavy atom. The minimum Gasteiger partial charge on any atom is -0.484 e. The van der Waals surface area contributed by atoms with Gasteiger partial charge in [0.25, 0.3) is 11.8 Å². The van der Waals surface area contributed by atoms with Crippen LogP contribution in [0.3, 0.4) is 0 Å². The van der Waals surface area contributed by atoms with Gasteiger partial charge in [-0.15, -0.1) is 0 Å². The van der Waals surface area contributed by atoms with E-state index >= 15 is 0 Å². The summed E-state index contributed by atoms with van der Waals surface area (Å²) in [6, 6.07) is 25.8. The lowest BCUT2D eigenvalue weighted by Crippen LogP contribution is -2.74. The van der Waals surface area contributed by atoms with Gasteiger partial charge in [-0.3, -0.25) is 23.5 Å². The molecule has 0 aliphatic carbocycles. The molecule has 0 aromatic heterocycles. The number of carbonyl (C=O) groups excluding carboxylic acids is 4. The first-order chi connectivity index (χ1) is 20.3. The number of fused-ring (bicyclic) bond motifs is 1. The highest BCUT2D eigenvalue weighted by molar-refractivity contribution is 7.86. The van der Waals surface area contributed by atoms with Gasteiger partial charge in [0.15, 0.2) is 12.7 Å². The monoisotopic (exact) mass is 588 g/mol. The summed E-state index contributed by atoms with van der Waals surface area (Å²) in [5, 5.41) is 1.57. The number of carbonyl (C=O) groups is 4. The zero-order valence-corrected chi connectivity index (χ0v) is 23.5. The molecule has 216 valence electrons. The number of ether oxygens (including phenoxy) is 3. The van der Waals surface area contributed by atoms with E-state index in [0.29, 0.717) is 16.9 Å². The maximum atomic E-state index is 13.8. The molecule has 0 radical (unpaired) electrons. The van der Waals surface area contributed by atoms with Crippen molar-refractivity contribution >= 4 is 34.6 Å². The van der Waals surface area contributed by atoms with Gasteiger partial charge >= 0.3 is 11.9 Å². The van der Waals surface area contributed by atoms with Crippen molar-refractivity contribution in [3.63, 3.8) is 0 Å². The van der Waals surface area contributed by atoms with Crippen molar-refractivity contribution in [3.8, 4) is 5.75 Å². The fraction of sp³-hybridized carbons (Fsp3) is 0.226. The quantitative estimate of drug-likeness (QED) is 0.283. The smallest absolute Gasteiger partial charge is 0.356 e. The fourth-order valence-electron chi connectivity index (χ4n) is 4.77. The third-order valence-corrected chi connectivity index (χ3v) is 8.36. The number of para-hydroxylation sites is 1. The number of esters is 2. The van der Waals surface area contributed by atoms with E-state index in [1.165, 1.54) is 6.92 Å². The Kier molecular flexibility index (Phi) is 8.77. The summed E-state index contributed by atoms with van der Waals surface area (Å²) in [6.07, 6.45) is -0.810. The Morgan fingerprint density at radius 1 is 0.929 bits per heavy atom. The maximum Gasteiger partial charge on any atom is 0.356 e. The Balaban J connectivity index is 1.39. The lowest BCUT2D eigenvalue weighted by molar-refractivity contribution is -0.155. The van der Waals surface area contributed by atoms with Crippen molar-refractivity contribution in [2.45, 2.75) is 24.4 Å². The summed E-state index contributed by atoms with van der Waals surface area (Å²) < 4.78 is 29.8. The van der Waals surface area contributed by atoms with E-state index in [0.717, 1.165) is 4.90 Å². The standard InChI is InChI=1S/C31H28N2O8S/c1-20(34)39-17-23-19-42(38)30-26(32-25(35)18-40-24-15-9-4-10-16-24)29(36)33(30)27(23)31(37)41-28(21-11-5-2-6-12-21)22-13-7-3-8-14-22/h2-16,26,28,30H,17-19H2,1H3,(H,32,35)/t26-,30-,42?/m1/s1. The molecule has 10 nitrogen and oxygen atoms in total. The van der Waals surface area contributed by atoms with Crippen molar-refractivity contribution in [1.82, 2.24) is 10.2 Å². The van der Waals surface area contributed by atoms with Gasteiger partial charge in [-0.05, 0) is 23.3 Å². The van der Waals surface area contributed by atoms with Gasteiger partial charge in [0.2, 0.25) is 0 Å². The number of hydrogen-bond acceptors (Lipinski definition) is 8. The Morgan fingerprint density at radius 3 is 2.07 bits per heavy atom. The summed E-state index contributed by atoms with van der Waals surface area (Å²) in [5.41, 5.74) is 1.45. The van der Waals surface area contributed by atoms with E-state index in [2.05, 4.69) is 5.32 Å². The molecule has 0 bridgehead atoms. The van der Waals surface area contributed by atoms with Crippen molar-refractivity contribution in [3.05, 3.63) is 113 Å². The van der Waals surface area contributed by atoms with Crippen LogP contribution in [0.4, 0.5) is 0 Å². The van der Waals surface area contributed by atoms with E-state index in [-0.39, 0.29) is 30.2 Å². The summed E-state index contributed by atoms with van der Waals surface area (Å²) in [5.74, 6) is -2.34. The van der Waals surface area contributed by atoms with Crippen molar-refractivity contribution in [2.24, 2.45) is 0 Å². The molecular weight excluding hydrogens is 560 g/mol.